The van der Waals surface area contributed by atoms with Gasteiger partial charge in [0.25, 0.3) is 0 Å². The molecule has 2 heterocycles. The number of benzene rings is 3. The van der Waals surface area contributed by atoms with E-state index in [4.69, 9.17) is 0 Å². The third kappa shape index (κ3) is 4.61. The van der Waals surface area contributed by atoms with Crippen LogP contribution in [0, 0.1) is 5.92 Å². The van der Waals surface area contributed by atoms with Crippen LogP contribution in [0.15, 0.2) is 89.8 Å². The second kappa shape index (κ2) is 9.66. The highest BCUT2D eigenvalue weighted by molar-refractivity contribution is 7.89. The number of sulfonamides is 1. The molecule has 0 radical (unpaired) electrons. The molecule has 8 heteroatoms. The summed E-state index contributed by atoms with van der Waals surface area (Å²) < 4.78 is 29.8. The van der Waals surface area contributed by atoms with E-state index in [1.165, 1.54) is 4.31 Å². The molecule has 0 bridgehead atoms. The third-order valence-electron chi connectivity index (χ3n) is 6.19. The van der Waals surface area contributed by atoms with E-state index in [2.05, 4.69) is 10.3 Å². The van der Waals surface area contributed by atoms with Gasteiger partial charge in [0.15, 0.2) is 0 Å². The molecule has 2 atom stereocenters. The zero-order chi connectivity index (χ0) is 23.5. The molecule has 1 aliphatic rings. The molecule has 4 aromatic rings. The minimum Gasteiger partial charge on any atom is -0.349 e. The monoisotopic (exact) mass is 491 g/mol. The van der Waals surface area contributed by atoms with Gasteiger partial charge < -0.3 is 5.32 Å². The van der Waals surface area contributed by atoms with Crippen LogP contribution in [0.2, 0.25) is 0 Å². The molecule has 5 rings (SSSR count). The fourth-order valence-electron chi connectivity index (χ4n) is 4.46. The predicted octanol–water partition coefficient (Wildman–Crippen LogP) is 4.75. The number of hydrogen-bond donors (Lipinski definition) is 1. The summed E-state index contributed by atoms with van der Waals surface area (Å²) in [5.41, 5.74) is 1.86. The van der Waals surface area contributed by atoms with Gasteiger partial charge in [-0.15, -0.1) is 11.3 Å². The van der Waals surface area contributed by atoms with Crippen molar-refractivity contribution in [3.05, 3.63) is 95.5 Å². The maximum Gasteiger partial charge on any atom is 0.243 e. The summed E-state index contributed by atoms with van der Waals surface area (Å²) >= 11 is 1.55. The lowest BCUT2D eigenvalue weighted by Gasteiger charge is -2.38. The molecule has 0 aliphatic carbocycles. The van der Waals surface area contributed by atoms with Crippen LogP contribution in [-0.4, -0.2) is 30.2 Å². The zero-order valence-corrected chi connectivity index (χ0v) is 20.1. The molecular weight excluding hydrogens is 466 g/mol. The van der Waals surface area contributed by atoms with E-state index in [1.807, 2.05) is 54.6 Å². The number of aromatic nitrogens is 1. The van der Waals surface area contributed by atoms with Crippen LogP contribution in [0.5, 0.6) is 0 Å². The van der Waals surface area contributed by atoms with Gasteiger partial charge in [-0.2, -0.15) is 4.31 Å². The summed E-state index contributed by atoms with van der Waals surface area (Å²) in [7, 11) is -3.77. The van der Waals surface area contributed by atoms with Gasteiger partial charge in [-0.05, 0) is 42.7 Å². The highest BCUT2D eigenvalue weighted by Gasteiger charge is 2.40. The maximum absolute atomic E-state index is 13.6. The third-order valence-corrected chi connectivity index (χ3v) is 9.12. The van der Waals surface area contributed by atoms with Crippen LogP contribution in [0.4, 0.5) is 0 Å². The number of amides is 1. The minimum atomic E-state index is -3.77. The summed E-state index contributed by atoms with van der Waals surface area (Å²) in [6.07, 6.45) is 1.20. The van der Waals surface area contributed by atoms with Crippen LogP contribution in [-0.2, 0) is 21.4 Å². The summed E-state index contributed by atoms with van der Waals surface area (Å²) in [5, 5.41) is 3.82. The first-order valence-corrected chi connectivity index (χ1v) is 13.5. The van der Waals surface area contributed by atoms with Gasteiger partial charge in [0.1, 0.15) is 5.01 Å². The van der Waals surface area contributed by atoms with Gasteiger partial charge in [-0.25, -0.2) is 13.4 Å². The van der Waals surface area contributed by atoms with E-state index in [0.29, 0.717) is 19.4 Å². The lowest BCUT2D eigenvalue weighted by Crippen LogP contribution is -2.46. The molecule has 1 aliphatic heterocycles. The summed E-state index contributed by atoms with van der Waals surface area (Å²) in [4.78, 5) is 17.9. The van der Waals surface area contributed by atoms with E-state index < -0.39 is 15.9 Å². The Hall–Kier alpha value is -3.07. The number of fused-ring (bicyclic) bond motifs is 1. The molecule has 0 spiro atoms. The highest BCUT2D eigenvalue weighted by atomic mass is 32.2. The molecule has 0 saturated carbocycles. The Morgan fingerprint density at radius 1 is 0.941 bits per heavy atom. The van der Waals surface area contributed by atoms with Gasteiger partial charge in [0.05, 0.1) is 33.6 Å². The molecule has 1 fully saturated rings. The van der Waals surface area contributed by atoms with Crippen molar-refractivity contribution in [3.63, 3.8) is 0 Å². The SMILES string of the molecule is O=C(NCc1nc2ccccc2s1)[C@@H]1CC[C@H](c2ccccc2)N(S(=O)(=O)c2ccccc2)C1. The average molecular weight is 492 g/mol. The Kier molecular flexibility index (Phi) is 6.45. The van der Waals surface area contributed by atoms with E-state index >= 15 is 0 Å². The standard InChI is InChI=1S/C26H25N3O3S2/c30-26(27-17-25-28-22-13-7-8-14-24(22)33-25)20-15-16-23(19-9-3-1-4-10-19)29(18-20)34(31,32)21-11-5-2-6-12-21/h1-14,20,23H,15-18H2,(H,27,30)/t20-,23-/m1/s1. The summed E-state index contributed by atoms with van der Waals surface area (Å²) in [6, 6.07) is 25.7. The highest BCUT2D eigenvalue weighted by Crippen LogP contribution is 2.37. The first-order valence-electron chi connectivity index (χ1n) is 11.3. The van der Waals surface area contributed by atoms with Gasteiger partial charge in [0, 0.05) is 6.54 Å². The quantitative estimate of drug-likeness (QED) is 0.422. The van der Waals surface area contributed by atoms with Crippen LogP contribution >= 0.6 is 11.3 Å². The first kappa shape index (κ1) is 22.7. The van der Waals surface area contributed by atoms with Crippen LogP contribution < -0.4 is 5.32 Å². The summed E-state index contributed by atoms with van der Waals surface area (Å²) in [6.45, 7) is 0.477. The Labute approximate surface area is 203 Å². The Bertz CT molecular complexity index is 1360. The normalized spacial score (nSPS) is 19.2. The molecule has 1 aromatic heterocycles. The number of hydrogen-bond acceptors (Lipinski definition) is 5. The second-order valence-corrected chi connectivity index (χ2v) is 11.4. The van der Waals surface area contributed by atoms with E-state index in [9.17, 15) is 13.2 Å². The van der Waals surface area contributed by atoms with Gasteiger partial charge >= 0.3 is 0 Å². The molecule has 0 unspecified atom stereocenters. The van der Waals surface area contributed by atoms with Crippen LogP contribution in [0.25, 0.3) is 10.2 Å². The predicted molar refractivity (Wildman–Crippen MR) is 134 cm³/mol. The van der Waals surface area contributed by atoms with Crippen molar-refractivity contribution in [2.24, 2.45) is 5.92 Å². The van der Waals surface area contributed by atoms with Crippen molar-refractivity contribution < 1.29 is 13.2 Å². The first-order chi connectivity index (χ1) is 16.5. The molecule has 34 heavy (non-hydrogen) atoms. The minimum absolute atomic E-state index is 0.140. The number of nitrogens with zero attached hydrogens (tertiary/aromatic N) is 2. The Balaban J connectivity index is 1.36. The largest absolute Gasteiger partial charge is 0.349 e. The van der Waals surface area contributed by atoms with E-state index in [0.717, 1.165) is 20.8 Å². The topological polar surface area (TPSA) is 79.4 Å². The van der Waals surface area contributed by atoms with Crippen molar-refractivity contribution in [1.82, 2.24) is 14.6 Å². The van der Waals surface area contributed by atoms with Crippen molar-refractivity contribution in [2.75, 3.05) is 6.54 Å². The van der Waals surface area contributed by atoms with E-state index in [-0.39, 0.29) is 23.4 Å². The Morgan fingerprint density at radius 2 is 1.62 bits per heavy atom. The number of thiazole rings is 1. The zero-order valence-electron chi connectivity index (χ0n) is 18.5. The van der Waals surface area contributed by atoms with Crippen molar-refractivity contribution in [1.29, 1.82) is 0 Å². The lowest BCUT2D eigenvalue weighted by molar-refractivity contribution is -0.126. The molecule has 3 aromatic carbocycles. The lowest BCUT2D eigenvalue weighted by atomic mass is 9.90. The molecular formula is C26H25N3O3S2. The average Bonchev–Trinajstić information content (AvgIpc) is 3.31. The van der Waals surface area contributed by atoms with Crippen molar-refractivity contribution in [3.8, 4) is 0 Å². The Morgan fingerprint density at radius 3 is 2.35 bits per heavy atom. The number of nitrogens with one attached hydrogen (secondary N) is 1. The van der Waals surface area contributed by atoms with Crippen molar-refractivity contribution in [2.45, 2.75) is 30.3 Å². The second-order valence-electron chi connectivity index (χ2n) is 8.38. The number of carbonyl (C=O) groups excluding carboxylic acids is 1. The molecule has 1 amide bonds. The molecule has 6 nitrogen and oxygen atoms in total. The number of piperidine rings is 1. The molecule has 174 valence electrons. The molecule has 1 N–H and O–H groups in total. The van der Waals surface area contributed by atoms with Crippen LogP contribution in [0.3, 0.4) is 0 Å². The fraction of sp³-hybridized carbons (Fsp3) is 0.231. The fourth-order valence-corrected chi connectivity index (χ4v) is 7.07. The maximum atomic E-state index is 13.6. The van der Waals surface area contributed by atoms with Gasteiger partial charge in [-0.3, -0.25) is 4.79 Å². The van der Waals surface area contributed by atoms with Gasteiger partial charge in [-0.1, -0.05) is 60.7 Å². The smallest absolute Gasteiger partial charge is 0.243 e. The number of carbonyl (C=O) groups is 1. The molecule has 1 saturated heterocycles. The van der Waals surface area contributed by atoms with Crippen molar-refractivity contribution >= 4 is 37.5 Å². The van der Waals surface area contributed by atoms with Gasteiger partial charge in [0.2, 0.25) is 15.9 Å². The summed E-state index contributed by atoms with van der Waals surface area (Å²) in [5.74, 6) is -0.563. The van der Waals surface area contributed by atoms with E-state index in [1.54, 1.807) is 41.7 Å². The number of para-hydroxylation sites is 1. The number of rotatable bonds is 6. The van der Waals surface area contributed by atoms with Crippen LogP contribution in [0.1, 0.15) is 29.5 Å².